The molecule has 1 N–H and O–H groups in total. The van der Waals surface area contributed by atoms with Crippen molar-refractivity contribution in [2.24, 2.45) is 44.8 Å². The molecule has 0 aromatic carbocycles. The van der Waals surface area contributed by atoms with E-state index in [0.29, 0.717) is 43.3 Å². The Morgan fingerprint density at radius 1 is 1.09 bits per heavy atom. The summed E-state index contributed by atoms with van der Waals surface area (Å²) in [6.45, 7) is 15.0. The number of carbonyl (C=O) groups excluding carboxylic acids is 2. The maximum absolute atomic E-state index is 12.8. The molecule has 2 fully saturated rings. The van der Waals surface area contributed by atoms with E-state index >= 15 is 0 Å². The lowest BCUT2D eigenvalue weighted by atomic mass is 9.36. The van der Waals surface area contributed by atoms with Crippen LogP contribution < -0.4 is 0 Å². The van der Waals surface area contributed by atoms with Crippen LogP contribution in [0.5, 0.6) is 0 Å². The second-order valence-electron chi connectivity index (χ2n) is 13.4. The van der Waals surface area contributed by atoms with Gasteiger partial charge in [-0.25, -0.2) is 0 Å². The molecule has 4 aliphatic rings. The molecule has 4 rings (SSSR count). The summed E-state index contributed by atoms with van der Waals surface area (Å²) < 4.78 is 0. The van der Waals surface area contributed by atoms with Gasteiger partial charge in [0.1, 0.15) is 11.6 Å². The van der Waals surface area contributed by atoms with Crippen molar-refractivity contribution in [3.8, 4) is 0 Å². The molecule has 4 aliphatic carbocycles. The topological polar surface area (TPSA) is 71.4 Å². The molecule has 0 aliphatic heterocycles. The van der Waals surface area contributed by atoms with Gasteiger partial charge in [0.2, 0.25) is 0 Å². The van der Waals surface area contributed by atoms with E-state index in [9.17, 15) is 19.5 Å². The van der Waals surface area contributed by atoms with Crippen LogP contribution in [0, 0.1) is 44.8 Å². The van der Waals surface area contributed by atoms with Crippen LogP contribution in [0.15, 0.2) is 23.8 Å². The predicted molar refractivity (Wildman–Crippen MR) is 134 cm³/mol. The van der Waals surface area contributed by atoms with Gasteiger partial charge >= 0.3 is 5.97 Å². The SMILES string of the molecule is CC(=O)[C@H](C)CC[C@@]1(C(=O)O)C=C2C=C[C@@H]3[C@@]4(C)CCC(=O)C(C)(C)[C@@H]4CC[C@@]3(C)[C@]2(C)CC1. The molecular formula is C30H44O4. The molecule has 188 valence electrons. The van der Waals surface area contributed by atoms with Crippen molar-refractivity contribution in [2.75, 3.05) is 0 Å². The number of Topliss-reactive ketones (excluding diaryl/α,β-unsaturated/α-hetero) is 2. The van der Waals surface area contributed by atoms with E-state index in [0.717, 1.165) is 25.7 Å². The van der Waals surface area contributed by atoms with E-state index in [1.807, 2.05) is 6.92 Å². The van der Waals surface area contributed by atoms with Crippen LogP contribution >= 0.6 is 0 Å². The molecule has 0 aromatic rings. The molecule has 4 nitrogen and oxygen atoms in total. The number of fused-ring (bicyclic) bond motifs is 5. The van der Waals surface area contributed by atoms with Crippen molar-refractivity contribution in [2.45, 2.75) is 99.8 Å². The molecule has 34 heavy (non-hydrogen) atoms. The summed E-state index contributed by atoms with van der Waals surface area (Å²) in [7, 11) is 0. The molecule has 0 amide bonds. The van der Waals surface area contributed by atoms with E-state index < -0.39 is 11.4 Å². The van der Waals surface area contributed by atoms with Crippen LogP contribution in [0.25, 0.3) is 0 Å². The fourth-order valence-corrected chi connectivity index (χ4v) is 8.68. The molecule has 0 radical (unpaired) electrons. The lowest BCUT2D eigenvalue weighted by Crippen LogP contribution is -2.62. The summed E-state index contributed by atoms with van der Waals surface area (Å²) in [5.74, 6) is 0.423. The van der Waals surface area contributed by atoms with Crippen molar-refractivity contribution in [3.63, 3.8) is 0 Å². The minimum atomic E-state index is -0.896. The van der Waals surface area contributed by atoms with Gasteiger partial charge in [0, 0.05) is 17.8 Å². The average Bonchev–Trinajstić information content (AvgIpc) is 2.75. The van der Waals surface area contributed by atoms with Crippen LogP contribution in [0.2, 0.25) is 0 Å². The minimum Gasteiger partial charge on any atom is -0.481 e. The lowest BCUT2D eigenvalue weighted by molar-refractivity contribution is -0.167. The molecule has 0 spiro atoms. The third-order valence-electron chi connectivity index (χ3n) is 11.6. The Labute approximate surface area is 205 Å². The quantitative estimate of drug-likeness (QED) is 0.482. The Bertz CT molecular complexity index is 972. The van der Waals surface area contributed by atoms with Crippen molar-refractivity contribution in [1.82, 2.24) is 0 Å². The van der Waals surface area contributed by atoms with E-state index in [-0.39, 0.29) is 33.4 Å². The molecule has 0 heterocycles. The number of ketones is 2. The van der Waals surface area contributed by atoms with Gasteiger partial charge in [0.25, 0.3) is 0 Å². The first kappa shape index (κ1) is 25.4. The fourth-order valence-electron chi connectivity index (χ4n) is 8.68. The van der Waals surface area contributed by atoms with Gasteiger partial charge in [0.15, 0.2) is 0 Å². The molecule has 7 atom stereocenters. The molecule has 2 saturated carbocycles. The van der Waals surface area contributed by atoms with Gasteiger partial charge in [-0.3, -0.25) is 14.4 Å². The second kappa shape index (κ2) is 7.90. The third-order valence-corrected chi connectivity index (χ3v) is 11.6. The number of rotatable bonds is 5. The highest BCUT2D eigenvalue weighted by atomic mass is 16.4. The number of aliphatic carboxylic acids is 1. The minimum absolute atomic E-state index is 0.0344. The summed E-state index contributed by atoms with van der Waals surface area (Å²) in [6, 6.07) is 0. The Morgan fingerprint density at radius 2 is 1.76 bits per heavy atom. The van der Waals surface area contributed by atoms with E-state index in [1.165, 1.54) is 5.57 Å². The Balaban J connectivity index is 1.74. The van der Waals surface area contributed by atoms with Gasteiger partial charge in [-0.1, -0.05) is 59.8 Å². The third kappa shape index (κ3) is 3.33. The number of hydrogen-bond acceptors (Lipinski definition) is 3. The standard InChI is InChI=1S/C30H44O4/c1-19(20(2)31)10-15-30(25(33)34)17-16-28(6)21(18-30)8-9-23-27(5)13-12-24(32)26(3,4)22(27)11-14-29(23,28)7/h8-9,18-19,22-23H,10-17H2,1-7H3,(H,33,34)/t19-,22+,23-,27+,28-,29-,30+/m1/s1. The first-order valence-corrected chi connectivity index (χ1v) is 13.3. The summed E-state index contributed by atoms with van der Waals surface area (Å²) in [5.41, 5.74) is 0.0187. The molecule has 0 aromatic heterocycles. The zero-order valence-electron chi connectivity index (χ0n) is 22.3. The highest BCUT2D eigenvalue weighted by Crippen LogP contribution is 2.72. The monoisotopic (exact) mass is 468 g/mol. The second-order valence-corrected chi connectivity index (χ2v) is 13.4. The van der Waals surface area contributed by atoms with Crippen LogP contribution in [-0.2, 0) is 14.4 Å². The smallest absolute Gasteiger partial charge is 0.313 e. The van der Waals surface area contributed by atoms with E-state index in [4.69, 9.17) is 0 Å². The normalized spacial score (nSPS) is 43.7. The zero-order chi connectivity index (χ0) is 25.3. The first-order chi connectivity index (χ1) is 15.6. The Kier molecular flexibility index (Phi) is 5.90. The maximum atomic E-state index is 12.8. The van der Waals surface area contributed by atoms with Gasteiger partial charge in [-0.05, 0) is 85.5 Å². The Hall–Kier alpha value is -1.71. The van der Waals surface area contributed by atoms with Gasteiger partial charge in [0.05, 0.1) is 5.41 Å². The zero-order valence-corrected chi connectivity index (χ0v) is 22.3. The van der Waals surface area contributed by atoms with Gasteiger partial charge in [-0.2, -0.15) is 0 Å². The summed E-state index contributed by atoms with van der Waals surface area (Å²) in [4.78, 5) is 37.2. The van der Waals surface area contributed by atoms with Crippen LogP contribution in [0.4, 0.5) is 0 Å². The predicted octanol–water partition coefficient (Wildman–Crippen LogP) is 6.79. The summed E-state index contributed by atoms with van der Waals surface area (Å²) in [6.07, 6.45) is 13.0. The molecule has 0 saturated heterocycles. The largest absolute Gasteiger partial charge is 0.481 e. The first-order valence-electron chi connectivity index (χ1n) is 13.3. The van der Waals surface area contributed by atoms with Crippen molar-refractivity contribution >= 4 is 17.5 Å². The number of hydrogen-bond donors (Lipinski definition) is 1. The van der Waals surface area contributed by atoms with Crippen LogP contribution in [0.3, 0.4) is 0 Å². The highest BCUT2D eigenvalue weighted by Gasteiger charge is 2.66. The van der Waals surface area contributed by atoms with Crippen molar-refractivity contribution < 1.29 is 19.5 Å². The van der Waals surface area contributed by atoms with Crippen LogP contribution in [0.1, 0.15) is 99.8 Å². The lowest BCUT2D eigenvalue weighted by Gasteiger charge is -2.67. The fraction of sp³-hybridized carbons (Fsp3) is 0.767. The molecule has 4 heteroatoms. The van der Waals surface area contributed by atoms with E-state index in [1.54, 1.807) is 6.92 Å². The van der Waals surface area contributed by atoms with Crippen molar-refractivity contribution in [3.05, 3.63) is 23.8 Å². The number of carbonyl (C=O) groups is 3. The summed E-state index contributed by atoms with van der Waals surface area (Å²) >= 11 is 0. The maximum Gasteiger partial charge on any atom is 0.313 e. The van der Waals surface area contributed by atoms with Crippen LogP contribution in [-0.4, -0.2) is 22.6 Å². The van der Waals surface area contributed by atoms with Gasteiger partial charge < -0.3 is 5.11 Å². The van der Waals surface area contributed by atoms with Gasteiger partial charge in [-0.15, -0.1) is 0 Å². The number of carboxylic acid groups (broad SMARTS) is 1. The Morgan fingerprint density at radius 3 is 2.38 bits per heavy atom. The molecular weight excluding hydrogens is 424 g/mol. The van der Waals surface area contributed by atoms with E-state index in [2.05, 4.69) is 52.8 Å². The number of allylic oxidation sites excluding steroid dienone is 3. The number of carboxylic acids is 1. The molecule has 0 unspecified atom stereocenters. The summed E-state index contributed by atoms with van der Waals surface area (Å²) in [5, 5.41) is 10.3. The van der Waals surface area contributed by atoms with Crippen molar-refractivity contribution in [1.29, 1.82) is 0 Å². The molecule has 0 bridgehead atoms. The highest BCUT2D eigenvalue weighted by molar-refractivity contribution is 5.85. The average molecular weight is 469 g/mol.